The van der Waals surface area contributed by atoms with Crippen molar-refractivity contribution < 1.29 is 13.6 Å². The number of amides is 1. The predicted molar refractivity (Wildman–Crippen MR) is 38.9 cm³/mol. The molecule has 1 N–H and O–H groups in total. The van der Waals surface area contributed by atoms with Gasteiger partial charge in [0.2, 0.25) is 11.8 Å². The van der Waals surface area contributed by atoms with Crippen LogP contribution in [0.3, 0.4) is 0 Å². The molecule has 2 nitrogen and oxygen atoms in total. The van der Waals surface area contributed by atoms with Crippen LogP contribution < -0.4 is 5.32 Å². The zero-order valence-electron chi connectivity index (χ0n) is 6.70. The van der Waals surface area contributed by atoms with Gasteiger partial charge in [0.25, 0.3) is 0 Å². The highest BCUT2D eigenvalue weighted by atomic mass is 19.3. The van der Waals surface area contributed by atoms with Crippen LogP contribution >= 0.6 is 0 Å². The van der Waals surface area contributed by atoms with E-state index in [9.17, 15) is 13.6 Å². The molecule has 0 aromatic rings. The normalized spacial score (nSPS) is 31.0. The number of piperidine rings is 1. The maximum absolute atomic E-state index is 12.6. The standard InChI is InChI=1S/C8H11F2NO/c9-8(10)3-7(4-8)2-1-6(12)11-5-7/h1-5H2,(H,11,12). The van der Waals surface area contributed by atoms with Crippen molar-refractivity contribution in [3.63, 3.8) is 0 Å². The average molecular weight is 175 g/mol. The molecule has 1 aliphatic carbocycles. The highest BCUT2D eigenvalue weighted by Gasteiger charge is 2.56. The average Bonchev–Trinajstić information content (AvgIpc) is 1.91. The number of nitrogens with one attached hydrogen (secondary N) is 1. The summed E-state index contributed by atoms with van der Waals surface area (Å²) in [4.78, 5) is 10.8. The first-order valence-electron chi connectivity index (χ1n) is 4.16. The Bertz CT molecular complexity index is 207. The van der Waals surface area contributed by atoms with Gasteiger partial charge in [-0.15, -0.1) is 0 Å². The maximum Gasteiger partial charge on any atom is 0.249 e. The minimum Gasteiger partial charge on any atom is -0.356 e. The fourth-order valence-electron chi connectivity index (χ4n) is 2.19. The van der Waals surface area contributed by atoms with Crippen LogP contribution in [-0.4, -0.2) is 18.4 Å². The van der Waals surface area contributed by atoms with E-state index in [4.69, 9.17) is 0 Å². The summed E-state index contributed by atoms with van der Waals surface area (Å²) in [6.45, 7) is 0.446. The summed E-state index contributed by atoms with van der Waals surface area (Å²) >= 11 is 0. The fraction of sp³-hybridized carbons (Fsp3) is 0.875. The topological polar surface area (TPSA) is 29.1 Å². The van der Waals surface area contributed by atoms with E-state index in [0.717, 1.165) is 0 Å². The Hall–Kier alpha value is -0.670. The Morgan fingerprint density at radius 3 is 2.42 bits per heavy atom. The lowest BCUT2D eigenvalue weighted by Crippen LogP contribution is -2.55. The molecule has 0 radical (unpaired) electrons. The van der Waals surface area contributed by atoms with Crippen LogP contribution in [-0.2, 0) is 4.79 Å². The van der Waals surface area contributed by atoms with Crippen LogP contribution in [0.5, 0.6) is 0 Å². The van der Waals surface area contributed by atoms with E-state index in [1.165, 1.54) is 0 Å². The lowest BCUT2D eigenvalue weighted by Gasteiger charge is -2.49. The quantitative estimate of drug-likeness (QED) is 0.591. The second kappa shape index (κ2) is 2.18. The first-order valence-corrected chi connectivity index (χ1v) is 4.16. The van der Waals surface area contributed by atoms with Crippen molar-refractivity contribution in [3.8, 4) is 0 Å². The van der Waals surface area contributed by atoms with Crippen LogP contribution in [0.4, 0.5) is 8.78 Å². The molecule has 1 heterocycles. The van der Waals surface area contributed by atoms with Gasteiger partial charge in [0.05, 0.1) is 0 Å². The Kier molecular flexibility index (Phi) is 1.44. The molecule has 0 bridgehead atoms. The van der Waals surface area contributed by atoms with E-state index in [0.29, 0.717) is 19.4 Å². The number of rotatable bonds is 0. The molecular formula is C8H11F2NO. The second-order valence-electron chi connectivity index (χ2n) is 3.99. The van der Waals surface area contributed by atoms with Crippen molar-refractivity contribution in [1.82, 2.24) is 5.32 Å². The van der Waals surface area contributed by atoms with Crippen LogP contribution in [0.2, 0.25) is 0 Å². The first kappa shape index (κ1) is 7.95. The zero-order valence-corrected chi connectivity index (χ0v) is 6.70. The molecule has 4 heteroatoms. The smallest absolute Gasteiger partial charge is 0.249 e. The molecular weight excluding hydrogens is 164 g/mol. The summed E-state index contributed by atoms with van der Waals surface area (Å²) in [5, 5.41) is 2.64. The van der Waals surface area contributed by atoms with Gasteiger partial charge < -0.3 is 5.32 Å². The van der Waals surface area contributed by atoms with Crippen molar-refractivity contribution in [2.24, 2.45) is 5.41 Å². The van der Waals surface area contributed by atoms with Gasteiger partial charge in [-0.25, -0.2) is 8.78 Å². The van der Waals surface area contributed by atoms with Gasteiger partial charge in [-0.3, -0.25) is 4.79 Å². The third kappa shape index (κ3) is 1.19. The van der Waals surface area contributed by atoms with Crippen molar-refractivity contribution in [3.05, 3.63) is 0 Å². The largest absolute Gasteiger partial charge is 0.356 e. The Labute approximate surface area is 69.3 Å². The molecule has 1 amide bonds. The van der Waals surface area contributed by atoms with E-state index in [1.807, 2.05) is 0 Å². The number of alkyl halides is 2. The van der Waals surface area contributed by atoms with Gasteiger partial charge in [0.15, 0.2) is 0 Å². The molecule has 68 valence electrons. The number of hydrogen-bond acceptors (Lipinski definition) is 1. The molecule has 0 aromatic carbocycles. The zero-order chi connectivity index (χ0) is 8.82. The van der Waals surface area contributed by atoms with Crippen LogP contribution in [0.1, 0.15) is 25.7 Å². The van der Waals surface area contributed by atoms with Crippen LogP contribution in [0, 0.1) is 5.41 Å². The SMILES string of the molecule is O=C1CCC2(CN1)CC(F)(F)C2. The fourth-order valence-corrected chi connectivity index (χ4v) is 2.19. The minimum atomic E-state index is -2.47. The van der Waals surface area contributed by atoms with Crippen molar-refractivity contribution >= 4 is 5.91 Å². The summed E-state index contributed by atoms with van der Waals surface area (Å²) in [5.41, 5.74) is -0.266. The van der Waals surface area contributed by atoms with Gasteiger partial charge >= 0.3 is 0 Å². The number of halogens is 2. The lowest BCUT2D eigenvalue weighted by molar-refractivity contribution is -0.171. The molecule has 2 aliphatic rings. The Balaban J connectivity index is 1.95. The molecule has 1 spiro atoms. The third-order valence-electron chi connectivity index (χ3n) is 2.81. The minimum absolute atomic E-state index is 0.00385. The molecule has 2 rings (SSSR count). The second-order valence-corrected chi connectivity index (χ2v) is 3.99. The van der Waals surface area contributed by atoms with Crippen molar-refractivity contribution in [2.75, 3.05) is 6.54 Å². The molecule has 0 atom stereocenters. The maximum atomic E-state index is 12.6. The van der Waals surface area contributed by atoms with Crippen molar-refractivity contribution in [1.29, 1.82) is 0 Å². The van der Waals surface area contributed by atoms with Gasteiger partial charge in [0.1, 0.15) is 0 Å². The molecule has 1 saturated heterocycles. The molecule has 1 saturated carbocycles. The van der Waals surface area contributed by atoms with E-state index in [-0.39, 0.29) is 24.2 Å². The highest BCUT2D eigenvalue weighted by Crippen LogP contribution is 2.54. The summed E-state index contributed by atoms with van der Waals surface area (Å²) in [6.07, 6.45) is 0.963. The number of carbonyl (C=O) groups is 1. The first-order chi connectivity index (χ1) is 5.52. The molecule has 0 unspecified atom stereocenters. The Morgan fingerprint density at radius 1 is 1.33 bits per heavy atom. The van der Waals surface area contributed by atoms with E-state index >= 15 is 0 Å². The van der Waals surface area contributed by atoms with Crippen LogP contribution in [0.15, 0.2) is 0 Å². The van der Waals surface area contributed by atoms with Gasteiger partial charge in [-0.05, 0) is 11.8 Å². The number of hydrogen-bond donors (Lipinski definition) is 1. The van der Waals surface area contributed by atoms with Gasteiger partial charge in [-0.2, -0.15) is 0 Å². The van der Waals surface area contributed by atoms with E-state index in [2.05, 4.69) is 5.32 Å². The third-order valence-corrected chi connectivity index (χ3v) is 2.81. The van der Waals surface area contributed by atoms with E-state index < -0.39 is 5.92 Å². The van der Waals surface area contributed by atoms with Crippen LogP contribution in [0.25, 0.3) is 0 Å². The lowest BCUT2D eigenvalue weighted by atomic mass is 9.62. The monoisotopic (exact) mass is 175 g/mol. The van der Waals surface area contributed by atoms with Gasteiger partial charge in [-0.1, -0.05) is 0 Å². The molecule has 0 aromatic heterocycles. The Morgan fingerprint density at radius 2 is 2.00 bits per heavy atom. The summed E-state index contributed by atoms with van der Waals surface area (Å²) in [6, 6.07) is 0. The highest BCUT2D eigenvalue weighted by molar-refractivity contribution is 5.76. The van der Waals surface area contributed by atoms with Crippen molar-refractivity contribution in [2.45, 2.75) is 31.6 Å². The summed E-state index contributed by atoms with van der Waals surface area (Å²) in [7, 11) is 0. The molecule has 2 fully saturated rings. The van der Waals surface area contributed by atoms with E-state index in [1.54, 1.807) is 0 Å². The summed E-state index contributed by atoms with van der Waals surface area (Å²) in [5.74, 6) is -2.47. The summed E-state index contributed by atoms with van der Waals surface area (Å²) < 4.78 is 25.1. The predicted octanol–water partition coefficient (Wildman–Crippen LogP) is 1.31. The molecule has 1 aliphatic heterocycles. The molecule has 12 heavy (non-hydrogen) atoms. The van der Waals surface area contributed by atoms with Gasteiger partial charge in [0, 0.05) is 25.8 Å². The number of carbonyl (C=O) groups excluding carboxylic acids is 1.